The van der Waals surface area contributed by atoms with Gasteiger partial charge >= 0.3 is 16.5 Å². The minimum absolute atomic E-state index is 0.0446. The van der Waals surface area contributed by atoms with Crippen LogP contribution in [-0.4, -0.2) is 41.4 Å². The third kappa shape index (κ3) is 6.94. The van der Waals surface area contributed by atoms with E-state index in [-0.39, 0.29) is 47.7 Å². The van der Waals surface area contributed by atoms with E-state index in [2.05, 4.69) is 15.3 Å². The van der Waals surface area contributed by atoms with Crippen LogP contribution in [0.4, 0.5) is 23.4 Å². The quantitative estimate of drug-likeness (QED) is 0.304. The molecule has 0 aliphatic heterocycles. The average molecular weight is 556 g/mol. The highest BCUT2D eigenvalue weighted by atomic mass is 32.2. The highest BCUT2D eigenvalue weighted by Gasteiger charge is 2.33. The first-order valence-electron chi connectivity index (χ1n) is 11.6. The number of benzene rings is 1. The summed E-state index contributed by atoms with van der Waals surface area (Å²) >= 11 is 0. The van der Waals surface area contributed by atoms with Crippen LogP contribution in [-0.2, 0) is 27.2 Å². The molecule has 9 nitrogen and oxygen atoms in total. The fourth-order valence-electron chi connectivity index (χ4n) is 4.62. The van der Waals surface area contributed by atoms with Gasteiger partial charge in [-0.2, -0.15) is 21.6 Å². The molecular formula is C24H25F4N5O4S. The van der Waals surface area contributed by atoms with E-state index in [1.54, 1.807) is 0 Å². The summed E-state index contributed by atoms with van der Waals surface area (Å²) in [6.07, 6.45) is 2.17. The van der Waals surface area contributed by atoms with E-state index in [0.717, 1.165) is 12.1 Å². The predicted octanol–water partition coefficient (Wildman–Crippen LogP) is 3.76. The molecule has 38 heavy (non-hydrogen) atoms. The molecule has 0 amide bonds. The lowest BCUT2D eigenvalue weighted by atomic mass is 10.00. The molecular weight excluding hydrogens is 530 g/mol. The second-order valence-corrected chi connectivity index (χ2v) is 10.6. The smallest absolute Gasteiger partial charge is 0.367 e. The number of aromatic nitrogens is 3. The van der Waals surface area contributed by atoms with E-state index in [9.17, 15) is 30.8 Å². The maximum Gasteiger partial charge on any atom is 0.416 e. The number of nitrogens with one attached hydrogen (secondary N) is 1. The Labute approximate surface area is 216 Å². The number of carbonyl (C=O) groups excluding carboxylic acids is 1. The molecule has 204 valence electrons. The SMILES string of the molecule is C[C@H]1C[C@H](Nc2ncncc2C(=O)c2ccn(Cc3cc(F)cc(C(F)(F)F)c3)c2)C[C@@H]1COS(N)(=O)=O. The summed E-state index contributed by atoms with van der Waals surface area (Å²) in [6, 6.07) is 3.69. The zero-order valence-electron chi connectivity index (χ0n) is 20.2. The minimum Gasteiger partial charge on any atom is -0.367 e. The van der Waals surface area contributed by atoms with Crippen LogP contribution in [0.3, 0.4) is 0 Å². The highest BCUT2D eigenvalue weighted by Crippen LogP contribution is 2.34. The Kier molecular flexibility index (Phi) is 7.85. The second-order valence-electron chi connectivity index (χ2n) is 9.36. The van der Waals surface area contributed by atoms with Crippen molar-refractivity contribution < 1.29 is 35.0 Å². The maximum atomic E-state index is 13.7. The van der Waals surface area contributed by atoms with Crippen molar-refractivity contribution in [2.75, 3.05) is 11.9 Å². The first-order valence-corrected chi connectivity index (χ1v) is 13.1. The lowest BCUT2D eigenvalue weighted by molar-refractivity contribution is -0.137. The van der Waals surface area contributed by atoms with Crippen molar-refractivity contribution in [3.05, 3.63) is 77.3 Å². The molecule has 1 fully saturated rings. The Bertz CT molecular complexity index is 1430. The fourth-order valence-corrected chi connectivity index (χ4v) is 4.98. The third-order valence-corrected chi connectivity index (χ3v) is 6.92. The summed E-state index contributed by atoms with van der Waals surface area (Å²) in [7, 11) is -4.05. The summed E-state index contributed by atoms with van der Waals surface area (Å²) in [5.41, 5.74) is -0.566. The van der Waals surface area contributed by atoms with Gasteiger partial charge in [0.05, 0.1) is 17.7 Å². The van der Waals surface area contributed by atoms with Crippen molar-refractivity contribution >= 4 is 21.9 Å². The number of hydrogen-bond donors (Lipinski definition) is 2. The highest BCUT2D eigenvalue weighted by molar-refractivity contribution is 7.84. The Hall–Kier alpha value is -3.36. The van der Waals surface area contributed by atoms with E-state index in [1.165, 1.54) is 35.6 Å². The van der Waals surface area contributed by atoms with Gasteiger partial charge in [-0.25, -0.2) is 19.5 Å². The molecule has 0 radical (unpaired) electrons. The van der Waals surface area contributed by atoms with Gasteiger partial charge in [0, 0.05) is 36.7 Å². The number of nitrogens with two attached hydrogens (primary N) is 1. The molecule has 1 aliphatic carbocycles. The number of alkyl halides is 3. The zero-order valence-corrected chi connectivity index (χ0v) is 21.0. The third-order valence-electron chi connectivity index (χ3n) is 6.46. The van der Waals surface area contributed by atoms with Crippen LogP contribution in [0.25, 0.3) is 0 Å². The van der Waals surface area contributed by atoms with Crippen molar-refractivity contribution in [3.8, 4) is 0 Å². The molecule has 14 heteroatoms. The van der Waals surface area contributed by atoms with Gasteiger partial charge in [0.1, 0.15) is 18.0 Å². The summed E-state index contributed by atoms with van der Waals surface area (Å²) in [4.78, 5) is 21.4. The Morgan fingerprint density at radius 1 is 1.26 bits per heavy atom. The first-order chi connectivity index (χ1) is 17.8. The van der Waals surface area contributed by atoms with E-state index < -0.39 is 33.6 Å². The van der Waals surface area contributed by atoms with E-state index in [4.69, 9.17) is 9.32 Å². The lowest BCUT2D eigenvalue weighted by Crippen LogP contribution is -2.22. The van der Waals surface area contributed by atoms with Crippen molar-refractivity contribution in [1.82, 2.24) is 14.5 Å². The molecule has 3 aromatic rings. The minimum atomic E-state index is -4.68. The molecule has 1 aliphatic rings. The number of anilines is 1. The van der Waals surface area contributed by atoms with E-state index in [1.807, 2.05) is 6.92 Å². The van der Waals surface area contributed by atoms with Crippen molar-refractivity contribution in [2.45, 2.75) is 38.5 Å². The van der Waals surface area contributed by atoms with Crippen LogP contribution in [0.2, 0.25) is 0 Å². The van der Waals surface area contributed by atoms with Gasteiger partial charge in [-0.05, 0) is 54.5 Å². The second kappa shape index (κ2) is 10.8. The molecule has 3 N–H and O–H groups in total. The molecule has 0 bridgehead atoms. The molecule has 0 spiro atoms. The van der Waals surface area contributed by atoms with Crippen LogP contribution >= 0.6 is 0 Å². The topological polar surface area (TPSA) is 129 Å². The van der Waals surface area contributed by atoms with E-state index >= 15 is 0 Å². The molecule has 0 unspecified atom stereocenters. The summed E-state index contributed by atoms with van der Waals surface area (Å²) in [5, 5.41) is 8.14. The molecule has 2 heterocycles. The van der Waals surface area contributed by atoms with Crippen LogP contribution < -0.4 is 10.5 Å². The first kappa shape index (κ1) is 27.7. The van der Waals surface area contributed by atoms with Gasteiger partial charge in [0.15, 0.2) is 5.78 Å². The van der Waals surface area contributed by atoms with Crippen LogP contribution in [0.5, 0.6) is 0 Å². The number of halogens is 4. The van der Waals surface area contributed by atoms with Crippen molar-refractivity contribution in [2.24, 2.45) is 17.0 Å². The zero-order chi connectivity index (χ0) is 27.7. The molecule has 0 saturated heterocycles. The van der Waals surface area contributed by atoms with Crippen LogP contribution in [0, 0.1) is 17.7 Å². The van der Waals surface area contributed by atoms with Crippen LogP contribution in [0.1, 0.15) is 46.8 Å². The fraction of sp³-hybridized carbons (Fsp3) is 0.375. The number of hydrogen-bond acceptors (Lipinski definition) is 7. The summed E-state index contributed by atoms with van der Waals surface area (Å²) < 4.78 is 81.3. The average Bonchev–Trinajstić information content (AvgIpc) is 3.42. The molecule has 2 aromatic heterocycles. The van der Waals surface area contributed by atoms with Crippen molar-refractivity contribution in [1.29, 1.82) is 0 Å². The van der Waals surface area contributed by atoms with Gasteiger partial charge in [-0.1, -0.05) is 6.92 Å². The molecule has 3 atom stereocenters. The predicted molar refractivity (Wildman–Crippen MR) is 129 cm³/mol. The summed E-state index contributed by atoms with van der Waals surface area (Å²) in [6.45, 7) is 1.84. The van der Waals surface area contributed by atoms with Crippen LogP contribution in [0.15, 0.2) is 49.2 Å². The molecule has 4 rings (SSSR count). The number of nitrogens with zero attached hydrogens (tertiary/aromatic N) is 3. The Morgan fingerprint density at radius 2 is 2.03 bits per heavy atom. The number of rotatable bonds is 9. The Morgan fingerprint density at radius 3 is 2.74 bits per heavy atom. The maximum absolute atomic E-state index is 13.7. The Balaban J connectivity index is 1.46. The van der Waals surface area contributed by atoms with Crippen molar-refractivity contribution in [3.63, 3.8) is 0 Å². The van der Waals surface area contributed by atoms with Gasteiger partial charge in [-0.15, -0.1) is 0 Å². The van der Waals surface area contributed by atoms with Gasteiger partial charge < -0.3 is 9.88 Å². The van der Waals surface area contributed by atoms with E-state index in [0.29, 0.717) is 24.7 Å². The van der Waals surface area contributed by atoms with Gasteiger partial charge in [-0.3, -0.25) is 8.98 Å². The van der Waals surface area contributed by atoms with Gasteiger partial charge in [0.2, 0.25) is 0 Å². The molecule has 1 aromatic carbocycles. The van der Waals surface area contributed by atoms with Gasteiger partial charge in [0.25, 0.3) is 0 Å². The number of carbonyl (C=O) groups is 1. The monoisotopic (exact) mass is 555 g/mol. The lowest BCUT2D eigenvalue weighted by Gasteiger charge is -2.16. The standard InChI is InChI=1S/C24H25F4N5O4S/c1-14-4-20(7-17(14)12-37-38(29,35)36)32-23-21(9-30-13-31-23)22(34)16-2-3-33(11-16)10-15-5-18(24(26,27)28)8-19(25)6-15/h2-3,5-6,8-9,11,13-14,17,20H,4,7,10,12H2,1H3,(H2,29,35,36)(H,30,31,32)/t14-,17+,20-/m0/s1. The molecule has 1 saturated carbocycles. The largest absolute Gasteiger partial charge is 0.416 e. The summed E-state index contributed by atoms with van der Waals surface area (Å²) in [5.74, 6) is -1.06. The normalized spacial score (nSPS) is 20.0. The number of ketones is 1.